The highest BCUT2D eigenvalue weighted by Crippen LogP contribution is 2.38. The molecule has 67 heavy (non-hydrogen) atoms. The minimum Gasteiger partial charge on any atom is -0.756 e. The standard InChI is InChI=1S/C58H102NO7P/c1-6-8-10-12-14-16-18-20-22-24-26-28-29-30-32-34-36-38-40-42-44-46-48-50-53-63-55-57(56-65-67(61,62)64-54-52-59(3,4)5)66-58(60)51-49-47-45-43-41-39-37-35-33-31-27-25-23-21-19-17-15-13-11-9-7-2/h8,10,14,16,19-22,25-28,30,32,36,38,57H,6-7,9,11-13,15,17-18,23-24,29,31,33-35,37,39-56H2,1-5H3/b10-8-,16-14-,21-19-,22-20-,27-25-,28-26-,32-30-,38-36-. The van der Waals surface area contributed by atoms with Crippen LogP contribution in [0.5, 0.6) is 0 Å². The summed E-state index contributed by atoms with van der Waals surface area (Å²) in [6, 6.07) is 0. The Balaban J connectivity index is 4.21. The summed E-state index contributed by atoms with van der Waals surface area (Å²) in [7, 11) is 1.33. The molecular weight excluding hydrogens is 854 g/mol. The first-order chi connectivity index (χ1) is 32.6. The van der Waals surface area contributed by atoms with Crippen LogP contribution in [0, 0.1) is 0 Å². The first-order valence-electron chi connectivity index (χ1n) is 27.0. The van der Waals surface area contributed by atoms with Gasteiger partial charge in [0.05, 0.1) is 34.4 Å². The van der Waals surface area contributed by atoms with Crippen molar-refractivity contribution in [2.24, 2.45) is 0 Å². The molecule has 0 aliphatic carbocycles. The van der Waals surface area contributed by atoms with Gasteiger partial charge in [0.25, 0.3) is 7.82 Å². The predicted molar refractivity (Wildman–Crippen MR) is 286 cm³/mol. The van der Waals surface area contributed by atoms with E-state index in [-0.39, 0.29) is 25.8 Å². The third kappa shape index (κ3) is 54.2. The minimum absolute atomic E-state index is 0.0157. The Bertz CT molecular complexity index is 1390. The molecule has 9 heteroatoms. The first kappa shape index (κ1) is 64.4. The molecular formula is C58H102NO7P. The van der Waals surface area contributed by atoms with Crippen molar-refractivity contribution in [3.8, 4) is 0 Å². The van der Waals surface area contributed by atoms with Crippen LogP contribution in [-0.4, -0.2) is 70.7 Å². The lowest BCUT2D eigenvalue weighted by Crippen LogP contribution is -2.37. The fourth-order valence-corrected chi connectivity index (χ4v) is 7.72. The number of hydrogen-bond acceptors (Lipinski definition) is 7. The highest BCUT2D eigenvalue weighted by atomic mass is 31.2. The maximum atomic E-state index is 12.8. The molecule has 0 rings (SSSR count). The zero-order valence-corrected chi connectivity index (χ0v) is 44.7. The number of rotatable bonds is 49. The predicted octanol–water partition coefficient (Wildman–Crippen LogP) is 16.3. The molecule has 0 amide bonds. The molecule has 0 bridgehead atoms. The van der Waals surface area contributed by atoms with Gasteiger partial charge in [0.15, 0.2) is 0 Å². The molecule has 0 aliphatic rings. The Morgan fingerprint density at radius 1 is 0.478 bits per heavy atom. The van der Waals surface area contributed by atoms with Crippen LogP contribution in [0.4, 0.5) is 0 Å². The number of allylic oxidation sites excluding steroid dienone is 16. The van der Waals surface area contributed by atoms with Crippen LogP contribution in [0.2, 0.25) is 0 Å². The second-order valence-corrected chi connectivity index (χ2v) is 20.3. The van der Waals surface area contributed by atoms with Gasteiger partial charge in [-0.2, -0.15) is 0 Å². The topological polar surface area (TPSA) is 94.1 Å². The highest BCUT2D eigenvalue weighted by Gasteiger charge is 2.20. The van der Waals surface area contributed by atoms with Gasteiger partial charge in [0, 0.05) is 13.0 Å². The number of likely N-dealkylation sites (N-methyl/N-ethyl adjacent to an activating group) is 1. The second-order valence-electron chi connectivity index (χ2n) is 18.9. The van der Waals surface area contributed by atoms with E-state index in [2.05, 4.69) is 111 Å². The summed E-state index contributed by atoms with van der Waals surface area (Å²) in [6.07, 6.45) is 68.6. The fraction of sp³-hybridized carbons (Fsp3) is 0.707. The molecule has 0 aromatic heterocycles. The summed E-state index contributed by atoms with van der Waals surface area (Å²) in [5, 5.41) is 0. The van der Waals surface area contributed by atoms with Crippen LogP contribution >= 0.6 is 7.82 Å². The van der Waals surface area contributed by atoms with Gasteiger partial charge in [-0.15, -0.1) is 0 Å². The molecule has 0 radical (unpaired) electrons. The Kier molecular flexibility index (Phi) is 47.9. The van der Waals surface area contributed by atoms with E-state index < -0.39 is 13.9 Å². The number of ether oxygens (including phenoxy) is 2. The van der Waals surface area contributed by atoms with Gasteiger partial charge in [-0.1, -0.05) is 201 Å². The number of carbonyl (C=O) groups is 1. The summed E-state index contributed by atoms with van der Waals surface area (Å²) >= 11 is 0. The number of esters is 1. The van der Waals surface area contributed by atoms with Crippen LogP contribution in [0.1, 0.15) is 206 Å². The van der Waals surface area contributed by atoms with Gasteiger partial charge in [-0.05, 0) is 96.3 Å². The molecule has 0 aromatic carbocycles. The molecule has 386 valence electrons. The lowest BCUT2D eigenvalue weighted by atomic mass is 10.1. The van der Waals surface area contributed by atoms with E-state index in [1.807, 2.05) is 21.1 Å². The maximum Gasteiger partial charge on any atom is 0.306 e. The summed E-state index contributed by atoms with van der Waals surface area (Å²) in [5.74, 6) is -0.348. The van der Waals surface area contributed by atoms with Crippen molar-refractivity contribution in [3.63, 3.8) is 0 Å². The Morgan fingerprint density at radius 2 is 0.866 bits per heavy atom. The van der Waals surface area contributed by atoms with Crippen molar-refractivity contribution in [1.29, 1.82) is 0 Å². The van der Waals surface area contributed by atoms with E-state index in [4.69, 9.17) is 18.5 Å². The van der Waals surface area contributed by atoms with Gasteiger partial charge in [0.2, 0.25) is 0 Å². The second kappa shape index (κ2) is 49.8. The van der Waals surface area contributed by atoms with Gasteiger partial charge in [-0.3, -0.25) is 9.36 Å². The van der Waals surface area contributed by atoms with Gasteiger partial charge < -0.3 is 27.9 Å². The molecule has 0 aliphatic heterocycles. The lowest BCUT2D eigenvalue weighted by molar-refractivity contribution is -0.870. The Morgan fingerprint density at radius 3 is 1.30 bits per heavy atom. The fourth-order valence-electron chi connectivity index (χ4n) is 6.99. The van der Waals surface area contributed by atoms with E-state index in [1.165, 1.54) is 96.3 Å². The summed E-state index contributed by atoms with van der Waals surface area (Å²) in [5.41, 5.74) is 0. The smallest absolute Gasteiger partial charge is 0.306 e. The van der Waals surface area contributed by atoms with Crippen molar-refractivity contribution in [2.45, 2.75) is 213 Å². The first-order valence-corrected chi connectivity index (χ1v) is 28.4. The maximum absolute atomic E-state index is 12.8. The zero-order valence-electron chi connectivity index (χ0n) is 43.8. The Hall–Kier alpha value is -2.58. The average Bonchev–Trinajstić information content (AvgIpc) is 3.29. The lowest BCUT2D eigenvalue weighted by Gasteiger charge is -2.28. The van der Waals surface area contributed by atoms with Crippen LogP contribution in [-0.2, 0) is 27.9 Å². The number of phosphoric ester groups is 1. The molecule has 0 N–H and O–H groups in total. The van der Waals surface area contributed by atoms with E-state index in [0.29, 0.717) is 24.1 Å². The molecule has 0 fully saturated rings. The number of carbonyl (C=O) groups excluding carboxylic acids is 1. The SMILES string of the molecule is CC/C=C\C/C=C\C/C=C\C/C=C\C/C=C\C/C=C\CCCCCCCOCC(COP(=O)([O-])OCC[N+](C)(C)C)OC(=O)CCCCCCCCCCC/C=C\C/C=C\CCCCCCC. The normalized spacial score (nSPS) is 14.3. The molecule has 0 spiro atoms. The van der Waals surface area contributed by atoms with E-state index in [9.17, 15) is 14.3 Å². The highest BCUT2D eigenvalue weighted by molar-refractivity contribution is 7.45. The average molecular weight is 956 g/mol. The number of nitrogens with zero attached hydrogens (tertiary/aromatic N) is 1. The van der Waals surface area contributed by atoms with Crippen LogP contribution < -0.4 is 4.89 Å². The van der Waals surface area contributed by atoms with E-state index >= 15 is 0 Å². The summed E-state index contributed by atoms with van der Waals surface area (Å²) in [6.45, 7) is 5.23. The van der Waals surface area contributed by atoms with Crippen molar-refractivity contribution in [2.75, 3.05) is 54.1 Å². The van der Waals surface area contributed by atoms with Crippen LogP contribution in [0.15, 0.2) is 97.2 Å². The molecule has 2 atom stereocenters. The number of hydrogen-bond donors (Lipinski definition) is 0. The third-order valence-electron chi connectivity index (χ3n) is 11.1. The molecule has 8 nitrogen and oxygen atoms in total. The van der Waals surface area contributed by atoms with Gasteiger partial charge >= 0.3 is 5.97 Å². The number of phosphoric acid groups is 1. The molecule has 0 heterocycles. The summed E-state index contributed by atoms with van der Waals surface area (Å²) < 4.78 is 34.8. The van der Waals surface area contributed by atoms with Crippen molar-refractivity contribution < 1.29 is 37.3 Å². The molecule has 0 saturated heterocycles. The van der Waals surface area contributed by atoms with Crippen LogP contribution in [0.3, 0.4) is 0 Å². The van der Waals surface area contributed by atoms with Crippen molar-refractivity contribution >= 4 is 13.8 Å². The van der Waals surface area contributed by atoms with Crippen molar-refractivity contribution in [3.05, 3.63) is 97.2 Å². The monoisotopic (exact) mass is 956 g/mol. The molecule has 0 saturated carbocycles. The molecule has 2 unspecified atom stereocenters. The third-order valence-corrected chi connectivity index (χ3v) is 12.1. The minimum atomic E-state index is -4.55. The Labute approximate surface area is 413 Å². The largest absolute Gasteiger partial charge is 0.756 e. The van der Waals surface area contributed by atoms with Gasteiger partial charge in [0.1, 0.15) is 19.3 Å². The van der Waals surface area contributed by atoms with Crippen LogP contribution in [0.25, 0.3) is 0 Å². The van der Waals surface area contributed by atoms with E-state index in [0.717, 1.165) is 89.9 Å². The van der Waals surface area contributed by atoms with Crippen molar-refractivity contribution in [1.82, 2.24) is 0 Å². The number of unbranched alkanes of at least 4 members (excludes halogenated alkanes) is 19. The van der Waals surface area contributed by atoms with Gasteiger partial charge in [-0.25, -0.2) is 0 Å². The zero-order chi connectivity index (χ0) is 49.0. The summed E-state index contributed by atoms with van der Waals surface area (Å²) in [4.78, 5) is 25.2. The molecule has 0 aromatic rings. The van der Waals surface area contributed by atoms with E-state index in [1.54, 1.807) is 0 Å². The number of quaternary nitrogens is 1. The quantitative estimate of drug-likeness (QED) is 0.0197.